The van der Waals surface area contributed by atoms with Gasteiger partial charge in [0.05, 0.1) is 18.2 Å². The normalized spacial score (nSPS) is 30.4. The van der Waals surface area contributed by atoms with Crippen LogP contribution in [-0.2, 0) is 29.5 Å². The fraction of sp³-hybridized carbons (Fsp3) is 0.737. The SMILES string of the molecule is COC(=O)C12CCC(CCN3CCc4c(nc(C(N)=O)n4C)C3)(CC1)C2. The fourth-order valence-corrected chi connectivity index (χ4v) is 5.55. The van der Waals surface area contributed by atoms with Crippen molar-refractivity contribution in [3.63, 3.8) is 0 Å². The maximum absolute atomic E-state index is 12.2. The first-order valence-electron chi connectivity index (χ1n) is 9.53. The molecule has 2 saturated carbocycles. The number of imidazole rings is 1. The highest BCUT2D eigenvalue weighted by Gasteiger charge is 2.58. The molecule has 0 saturated heterocycles. The number of primary amides is 1. The number of esters is 1. The van der Waals surface area contributed by atoms with E-state index in [4.69, 9.17) is 10.5 Å². The van der Waals surface area contributed by atoms with Crippen molar-refractivity contribution in [2.75, 3.05) is 20.2 Å². The van der Waals surface area contributed by atoms with E-state index in [0.29, 0.717) is 11.2 Å². The Morgan fingerprint density at radius 2 is 2.00 bits per heavy atom. The number of carbonyl (C=O) groups is 2. The van der Waals surface area contributed by atoms with Gasteiger partial charge in [0.25, 0.3) is 5.91 Å². The van der Waals surface area contributed by atoms with Crippen LogP contribution in [0.3, 0.4) is 0 Å². The molecule has 1 aliphatic heterocycles. The van der Waals surface area contributed by atoms with Crippen molar-refractivity contribution in [2.24, 2.45) is 23.6 Å². The molecule has 1 aromatic rings. The molecular formula is C19H28N4O3. The van der Waals surface area contributed by atoms with E-state index in [2.05, 4.69) is 9.88 Å². The first-order chi connectivity index (χ1) is 12.4. The highest BCUT2D eigenvalue weighted by Crippen LogP contribution is 2.63. The average Bonchev–Trinajstić information content (AvgIpc) is 3.30. The van der Waals surface area contributed by atoms with Crippen LogP contribution in [0.2, 0.25) is 0 Å². The minimum absolute atomic E-state index is 0.00745. The largest absolute Gasteiger partial charge is 0.469 e. The van der Waals surface area contributed by atoms with E-state index in [1.54, 1.807) is 0 Å². The molecular weight excluding hydrogens is 332 g/mol. The Morgan fingerprint density at radius 3 is 2.65 bits per heavy atom. The molecule has 0 atom stereocenters. The third kappa shape index (κ3) is 2.64. The zero-order valence-corrected chi connectivity index (χ0v) is 15.7. The van der Waals surface area contributed by atoms with Crippen LogP contribution in [0.5, 0.6) is 0 Å². The van der Waals surface area contributed by atoms with Gasteiger partial charge in [0.15, 0.2) is 5.82 Å². The summed E-state index contributed by atoms with van der Waals surface area (Å²) in [6.45, 7) is 2.76. The number of hydrogen-bond acceptors (Lipinski definition) is 5. The molecule has 7 heteroatoms. The maximum atomic E-state index is 12.2. The predicted octanol–water partition coefficient (Wildman–Crippen LogP) is 1.39. The Labute approximate surface area is 153 Å². The monoisotopic (exact) mass is 360 g/mol. The zero-order chi connectivity index (χ0) is 18.5. The van der Waals surface area contributed by atoms with Crippen LogP contribution < -0.4 is 5.73 Å². The average molecular weight is 360 g/mol. The summed E-state index contributed by atoms with van der Waals surface area (Å²) in [6, 6.07) is 0. The lowest BCUT2D eigenvalue weighted by Gasteiger charge is -2.32. The van der Waals surface area contributed by atoms with E-state index in [9.17, 15) is 9.59 Å². The molecule has 0 spiro atoms. The molecule has 26 heavy (non-hydrogen) atoms. The maximum Gasteiger partial charge on any atom is 0.311 e. The van der Waals surface area contributed by atoms with Gasteiger partial charge in [-0.3, -0.25) is 14.5 Å². The molecule has 0 radical (unpaired) electrons. The van der Waals surface area contributed by atoms with E-state index < -0.39 is 5.91 Å². The van der Waals surface area contributed by atoms with Gasteiger partial charge in [0, 0.05) is 32.3 Å². The number of methoxy groups -OCH3 is 1. The van der Waals surface area contributed by atoms with Crippen LogP contribution in [0, 0.1) is 10.8 Å². The third-order valence-electron chi connectivity index (χ3n) is 7.11. The van der Waals surface area contributed by atoms with Gasteiger partial charge in [0.2, 0.25) is 0 Å². The molecule has 2 heterocycles. The number of ether oxygens (including phenoxy) is 1. The molecule has 1 amide bonds. The second-order valence-corrected chi connectivity index (χ2v) is 8.48. The van der Waals surface area contributed by atoms with Crippen molar-refractivity contribution < 1.29 is 14.3 Å². The van der Waals surface area contributed by atoms with Gasteiger partial charge in [-0.1, -0.05) is 0 Å². The lowest BCUT2D eigenvalue weighted by atomic mass is 9.80. The standard InChI is InChI=1S/C19H28N4O3/c1-22-14-3-9-23(11-13(14)21-16(22)15(20)24)10-8-18-4-6-19(12-18,7-5-18)17(25)26-2/h3-12H2,1-2H3,(H2,20,24). The number of aromatic nitrogens is 2. The van der Waals surface area contributed by atoms with E-state index in [0.717, 1.165) is 76.0 Å². The minimum atomic E-state index is -0.469. The number of fused-ring (bicyclic) bond motifs is 3. The summed E-state index contributed by atoms with van der Waals surface area (Å²) >= 11 is 0. The van der Waals surface area contributed by atoms with Gasteiger partial charge in [0.1, 0.15) is 0 Å². The Kier molecular flexibility index (Phi) is 4.10. The number of nitrogens with two attached hydrogens (primary N) is 1. The summed E-state index contributed by atoms with van der Waals surface area (Å²) < 4.78 is 6.91. The molecule has 2 N–H and O–H groups in total. The van der Waals surface area contributed by atoms with Crippen LogP contribution in [0.4, 0.5) is 0 Å². The topological polar surface area (TPSA) is 90.5 Å². The summed E-state index contributed by atoms with van der Waals surface area (Å²) in [6.07, 6.45) is 7.23. The predicted molar refractivity (Wildman–Crippen MR) is 95.3 cm³/mol. The highest BCUT2D eigenvalue weighted by atomic mass is 16.5. The molecule has 4 rings (SSSR count). The summed E-state index contributed by atoms with van der Waals surface area (Å²) in [5.41, 5.74) is 7.62. The number of amides is 1. The van der Waals surface area contributed by atoms with E-state index in [1.807, 2.05) is 11.6 Å². The Bertz CT molecular complexity index is 746. The molecule has 1 aromatic heterocycles. The van der Waals surface area contributed by atoms with Crippen molar-refractivity contribution in [1.29, 1.82) is 0 Å². The Hall–Kier alpha value is -1.89. The van der Waals surface area contributed by atoms with Crippen molar-refractivity contribution in [3.8, 4) is 0 Å². The minimum Gasteiger partial charge on any atom is -0.469 e. The molecule has 2 aliphatic carbocycles. The van der Waals surface area contributed by atoms with Gasteiger partial charge < -0.3 is 15.0 Å². The highest BCUT2D eigenvalue weighted by molar-refractivity contribution is 5.89. The van der Waals surface area contributed by atoms with Gasteiger partial charge in [-0.2, -0.15) is 0 Å². The smallest absolute Gasteiger partial charge is 0.311 e. The number of rotatable bonds is 5. The van der Waals surface area contributed by atoms with E-state index in [-0.39, 0.29) is 11.4 Å². The fourth-order valence-electron chi connectivity index (χ4n) is 5.55. The molecule has 7 nitrogen and oxygen atoms in total. The first kappa shape index (κ1) is 17.5. The first-order valence-corrected chi connectivity index (χ1v) is 9.53. The van der Waals surface area contributed by atoms with Crippen molar-refractivity contribution in [3.05, 3.63) is 17.2 Å². The molecule has 3 aliphatic rings. The van der Waals surface area contributed by atoms with Crippen LogP contribution in [-0.4, -0.2) is 46.5 Å². The molecule has 142 valence electrons. The summed E-state index contributed by atoms with van der Waals surface area (Å²) in [7, 11) is 3.37. The summed E-state index contributed by atoms with van der Waals surface area (Å²) in [4.78, 5) is 30.6. The van der Waals surface area contributed by atoms with Crippen LogP contribution in [0.1, 0.15) is 60.5 Å². The van der Waals surface area contributed by atoms with Gasteiger partial charge in [-0.15, -0.1) is 0 Å². The molecule has 2 bridgehead atoms. The number of carbonyl (C=O) groups excluding carboxylic acids is 2. The summed E-state index contributed by atoms with van der Waals surface area (Å²) in [5, 5.41) is 0. The Morgan fingerprint density at radius 1 is 1.27 bits per heavy atom. The van der Waals surface area contributed by atoms with Crippen LogP contribution >= 0.6 is 0 Å². The van der Waals surface area contributed by atoms with Crippen molar-refractivity contribution >= 4 is 11.9 Å². The second-order valence-electron chi connectivity index (χ2n) is 8.48. The van der Waals surface area contributed by atoms with Crippen LogP contribution in [0.25, 0.3) is 0 Å². The van der Waals surface area contributed by atoms with Gasteiger partial charge in [-0.25, -0.2) is 4.98 Å². The second kappa shape index (κ2) is 6.08. The molecule has 0 aromatic carbocycles. The lowest BCUT2D eigenvalue weighted by Crippen LogP contribution is -2.34. The third-order valence-corrected chi connectivity index (χ3v) is 7.11. The van der Waals surface area contributed by atoms with Crippen LogP contribution in [0.15, 0.2) is 0 Å². The van der Waals surface area contributed by atoms with Crippen molar-refractivity contribution in [2.45, 2.75) is 51.5 Å². The zero-order valence-electron chi connectivity index (χ0n) is 15.7. The molecule has 0 unspecified atom stereocenters. The van der Waals surface area contributed by atoms with Gasteiger partial charge in [-0.05, 0) is 50.5 Å². The van der Waals surface area contributed by atoms with Crippen molar-refractivity contribution in [1.82, 2.24) is 14.5 Å². The van der Waals surface area contributed by atoms with Gasteiger partial charge >= 0.3 is 5.97 Å². The van der Waals surface area contributed by atoms with E-state index in [1.165, 1.54) is 7.11 Å². The molecule has 2 fully saturated rings. The quantitative estimate of drug-likeness (QED) is 0.802. The Balaban J connectivity index is 1.39. The number of hydrogen-bond donors (Lipinski definition) is 1. The van der Waals surface area contributed by atoms with E-state index >= 15 is 0 Å². The summed E-state index contributed by atoms with van der Waals surface area (Å²) in [5.74, 6) is -0.125. The number of nitrogens with zero attached hydrogens (tertiary/aromatic N) is 3. The lowest BCUT2D eigenvalue weighted by molar-refractivity contribution is -0.152.